The van der Waals surface area contributed by atoms with Crippen LogP contribution in [0.1, 0.15) is 42.3 Å². The van der Waals surface area contributed by atoms with E-state index in [0.29, 0.717) is 28.9 Å². The minimum absolute atomic E-state index is 0.319. The molecule has 1 nitrogen and oxygen atoms in total. The topological polar surface area (TPSA) is 9.23 Å². The van der Waals surface area contributed by atoms with Gasteiger partial charge in [-0.05, 0) is 44.7 Å². The summed E-state index contributed by atoms with van der Waals surface area (Å²) in [4.78, 5) is 0.382. The van der Waals surface area contributed by atoms with E-state index in [-0.39, 0.29) is 0 Å². The highest BCUT2D eigenvalue weighted by Gasteiger charge is 2.41. The van der Waals surface area contributed by atoms with Crippen molar-refractivity contribution in [1.29, 1.82) is 0 Å². The van der Waals surface area contributed by atoms with Crippen LogP contribution in [-0.4, -0.2) is 12.2 Å². The fraction of sp³-hybridized carbons (Fsp3) is 0.625. The fourth-order valence-corrected chi connectivity index (χ4v) is 4.47. The van der Waals surface area contributed by atoms with Gasteiger partial charge in [-0.15, -0.1) is 0 Å². The van der Waals surface area contributed by atoms with Crippen LogP contribution in [0.2, 0.25) is 0 Å². The summed E-state index contributed by atoms with van der Waals surface area (Å²) in [7, 11) is 0. The van der Waals surface area contributed by atoms with E-state index < -0.39 is 0 Å². The van der Waals surface area contributed by atoms with Crippen LogP contribution in [0.15, 0.2) is 18.2 Å². The number of ether oxygens (including phenoxy) is 1. The molecular weight excluding hydrogens is 288 g/mol. The van der Waals surface area contributed by atoms with Crippen molar-refractivity contribution in [2.75, 3.05) is 0 Å². The molecule has 5 unspecified atom stereocenters. The normalized spacial score (nSPS) is 33.7. The standard InChI is InChI=1S/C16H23BrO/c1-9-6-7-10(2)14(8-9)16(17)15-11(3)12(4)18-13(15)5/h6-8,11-13,15-16H,1-5H3. The smallest absolute Gasteiger partial charge is 0.0596 e. The van der Waals surface area contributed by atoms with E-state index in [4.69, 9.17) is 4.74 Å². The predicted octanol–water partition coefficient (Wildman–Crippen LogP) is 4.80. The third-order valence-corrected chi connectivity index (χ3v) is 5.49. The molecular formula is C16H23BrO. The molecule has 0 spiro atoms. The van der Waals surface area contributed by atoms with Crippen molar-refractivity contribution in [3.05, 3.63) is 34.9 Å². The molecule has 100 valence electrons. The highest BCUT2D eigenvalue weighted by molar-refractivity contribution is 9.09. The van der Waals surface area contributed by atoms with Crippen LogP contribution in [0.5, 0.6) is 0 Å². The quantitative estimate of drug-likeness (QED) is 0.713. The summed E-state index contributed by atoms with van der Waals surface area (Å²) in [5.74, 6) is 1.13. The highest BCUT2D eigenvalue weighted by Crippen LogP contribution is 2.45. The Morgan fingerprint density at radius 3 is 2.33 bits per heavy atom. The SMILES string of the molecule is Cc1ccc(C)c(C(Br)C2C(C)OC(C)C2C)c1. The van der Waals surface area contributed by atoms with Crippen LogP contribution in [0, 0.1) is 25.7 Å². The molecule has 1 saturated heterocycles. The Morgan fingerprint density at radius 1 is 1.11 bits per heavy atom. The van der Waals surface area contributed by atoms with Gasteiger partial charge in [0.25, 0.3) is 0 Å². The van der Waals surface area contributed by atoms with Gasteiger partial charge in [0.1, 0.15) is 0 Å². The zero-order valence-electron chi connectivity index (χ0n) is 11.9. The first-order valence-electron chi connectivity index (χ1n) is 6.78. The van der Waals surface area contributed by atoms with Gasteiger partial charge in [-0.2, -0.15) is 0 Å². The molecule has 0 aromatic heterocycles. The van der Waals surface area contributed by atoms with Gasteiger partial charge in [0.2, 0.25) is 0 Å². The number of aryl methyl sites for hydroxylation is 2. The molecule has 0 bridgehead atoms. The average molecular weight is 311 g/mol. The molecule has 1 aromatic carbocycles. The monoisotopic (exact) mass is 310 g/mol. The van der Waals surface area contributed by atoms with Gasteiger partial charge in [-0.3, -0.25) is 0 Å². The second-order valence-corrected chi connectivity index (χ2v) is 6.73. The Balaban J connectivity index is 2.30. The van der Waals surface area contributed by atoms with Gasteiger partial charge < -0.3 is 4.74 Å². The first-order chi connectivity index (χ1) is 8.41. The Labute approximate surface area is 119 Å². The van der Waals surface area contributed by atoms with E-state index in [2.05, 4.69) is 68.7 Å². The van der Waals surface area contributed by atoms with Crippen LogP contribution < -0.4 is 0 Å². The van der Waals surface area contributed by atoms with Crippen LogP contribution >= 0.6 is 15.9 Å². The molecule has 0 amide bonds. The van der Waals surface area contributed by atoms with Crippen molar-refractivity contribution in [3.8, 4) is 0 Å². The molecule has 5 atom stereocenters. The number of hydrogen-bond acceptors (Lipinski definition) is 1. The predicted molar refractivity (Wildman–Crippen MR) is 80.2 cm³/mol. The number of halogens is 1. The third-order valence-electron chi connectivity index (χ3n) is 4.39. The van der Waals surface area contributed by atoms with Crippen molar-refractivity contribution >= 4 is 15.9 Å². The molecule has 18 heavy (non-hydrogen) atoms. The van der Waals surface area contributed by atoms with E-state index in [1.54, 1.807) is 0 Å². The van der Waals surface area contributed by atoms with Gasteiger partial charge in [0.15, 0.2) is 0 Å². The number of rotatable bonds is 2. The number of benzene rings is 1. The molecule has 0 radical (unpaired) electrons. The lowest BCUT2D eigenvalue weighted by atomic mass is 9.83. The lowest BCUT2D eigenvalue weighted by Crippen LogP contribution is -2.22. The second-order valence-electron chi connectivity index (χ2n) is 5.74. The van der Waals surface area contributed by atoms with E-state index >= 15 is 0 Å². The second kappa shape index (κ2) is 5.34. The maximum atomic E-state index is 5.97. The Kier molecular flexibility index (Phi) is 4.18. The first kappa shape index (κ1) is 14.1. The maximum absolute atomic E-state index is 5.97. The van der Waals surface area contributed by atoms with Crippen molar-refractivity contribution in [2.45, 2.75) is 51.7 Å². The summed E-state index contributed by atoms with van der Waals surface area (Å²) in [6.07, 6.45) is 0.675. The molecule has 0 saturated carbocycles. The van der Waals surface area contributed by atoms with Crippen LogP contribution in [-0.2, 0) is 4.74 Å². The summed E-state index contributed by atoms with van der Waals surface area (Å²) in [6, 6.07) is 6.70. The van der Waals surface area contributed by atoms with Crippen LogP contribution in [0.25, 0.3) is 0 Å². The average Bonchev–Trinajstić information content (AvgIpc) is 2.56. The zero-order chi connectivity index (χ0) is 13.4. The summed E-state index contributed by atoms with van der Waals surface area (Å²) in [6.45, 7) is 11.0. The van der Waals surface area contributed by atoms with Crippen molar-refractivity contribution in [3.63, 3.8) is 0 Å². The van der Waals surface area contributed by atoms with Crippen LogP contribution in [0.3, 0.4) is 0 Å². The lowest BCUT2D eigenvalue weighted by molar-refractivity contribution is 0.0511. The van der Waals surface area contributed by atoms with Crippen molar-refractivity contribution in [1.82, 2.24) is 0 Å². The molecule has 1 aliphatic heterocycles. The summed E-state index contributed by atoms with van der Waals surface area (Å²) in [5, 5.41) is 0. The van der Waals surface area contributed by atoms with Crippen molar-refractivity contribution in [2.24, 2.45) is 11.8 Å². The molecule has 0 aliphatic carbocycles. The summed E-state index contributed by atoms with van der Waals surface area (Å²) >= 11 is 3.93. The number of hydrogen-bond donors (Lipinski definition) is 0. The van der Waals surface area contributed by atoms with E-state index in [1.165, 1.54) is 16.7 Å². The molecule has 2 rings (SSSR count). The molecule has 2 heteroatoms. The minimum atomic E-state index is 0.319. The largest absolute Gasteiger partial charge is 0.375 e. The van der Waals surface area contributed by atoms with E-state index in [9.17, 15) is 0 Å². The Bertz CT molecular complexity index is 429. The molecule has 1 heterocycles. The lowest BCUT2D eigenvalue weighted by Gasteiger charge is -2.26. The fourth-order valence-electron chi connectivity index (χ4n) is 3.06. The van der Waals surface area contributed by atoms with Gasteiger partial charge in [0, 0.05) is 10.7 Å². The third kappa shape index (κ3) is 2.50. The zero-order valence-corrected chi connectivity index (χ0v) is 13.5. The Morgan fingerprint density at radius 2 is 1.78 bits per heavy atom. The highest BCUT2D eigenvalue weighted by atomic mass is 79.9. The van der Waals surface area contributed by atoms with Gasteiger partial charge in [-0.25, -0.2) is 0 Å². The summed E-state index contributed by atoms with van der Waals surface area (Å²) < 4.78 is 5.97. The van der Waals surface area contributed by atoms with Crippen LogP contribution in [0.4, 0.5) is 0 Å². The molecule has 1 fully saturated rings. The van der Waals surface area contributed by atoms with Gasteiger partial charge >= 0.3 is 0 Å². The van der Waals surface area contributed by atoms with E-state index in [1.807, 2.05) is 0 Å². The molecule has 0 N–H and O–H groups in total. The Hall–Kier alpha value is -0.340. The van der Waals surface area contributed by atoms with E-state index in [0.717, 1.165) is 0 Å². The minimum Gasteiger partial charge on any atom is -0.375 e. The summed E-state index contributed by atoms with van der Waals surface area (Å²) in [5.41, 5.74) is 4.10. The number of alkyl halides is 1. The molecule has 1 aromatic rings. The van der Waals surface area contributed by atoms with Gasteiger partial charge in [-0.1, -0.05) is 46.6 Å². The first-order valence-corrected chi connectivity index (χ1v) is 7.70. The van der Waals surface area contributed by atoms with Gasteiger partial charge in [0.05, 0.1) is 12.2 Å². The van der Waals surface area contributed by atoms with Crippen molar-refractivity contribution < 1.29 is 4.74 Å². The maximum Gasteiger partial charge on any atom is 0.0596 e. The molecule has 1 aliphatic rings.